The number of nitrogens with two attached hydrogens (primary N) is 1. The summed E-state index contributed by atoms with van der Waals surface area (Å²) >= 11 is 0. The first-order chi connectivity index (χ1) is 9.04. The molecule has 0 radical (unpaired) electrons. The molecule has 3 N–H and O–H groups in total. The lowest BCUT2D eigenvalue weighted by molar-refractivity contribution is -0.0968. The van der Waals surface area contributed by atoms with Crippen molar-refractivity contribution in [3.05, 3.63) is 24.3 Å². The molecule has 0 bridgehead atoms. The van der Waals surface area contributed by atoms with Gasteiger partial charge in [0.2, 0.25) is 0 Å². The molecule has 1 saturated heterocycles. The fourth-order valence-electron chi connectivity index (χ4n) is 2.46. The molecule has 1 aromatic rings. The highest BCUT2D eigenvalue weighted by atomic mass is 16.5. The van der Waals surface area contributed by atoms with E-state index in [9.17, 15) is 0 Å². The zero-order chi connectivity index (χ0) is 13.8. The molecule has 1 aliphatic heterocycles. The highest BCUT2D eigenvalue weighted by Crippen LogP contribution is 2.22. The minimum Gasteiger partial charge on any atom is -0.399 e. The lowest BCUT2D eigenvalue weighted by Gasteiger charge is -2.38. The monoisotopic (exact) mass is 263 g/mol. The van der Waals surface area contributed by atoms with Crippen LogP contribution < -0.4 is 11.1 Å². The van der Waals surface area contributed by atoms with Crippen molar-refractivity contribution >= 4 is 11.4 Å². The van der Waals surface area contributed by atoms with Crippen molar-refractivity contribution in [1.29, 1.82) is 0 Å². The van der Waals surface area contributed by atoms with E-state index >= 15 is 0 Å². The van der Waals surface area contributed by atoms with Gasteiger partial charge >= 0.3 is 0 Å². The minimum absolute atomic E-state index is 0.208. The number of piperidine rings is 1. The molecule has 0 aliphatic carbocycles. The van der Waals surface area contributed by atoms with E-state index in [4.69, 9.17) is 10.5 Å². The van der Waals surface area contributed by atoms with Gasteiger partial charge in [-0.2, -0.15) is 0 Å². The van der Waals surface area contributed by atoms with Crippen LogP contribution in [0.4, 0.5) is 11.4 Å². The molecule has 2 atom stereocenters. The largest absolute Gasteiger partial charge is 0.399 e. The second-order valence-corrected chi connectivity index (χ2v) is 5.61. The van der Waals surface area contributed by atoms with Crippen LogP contribution >= 0.6 is 0 Å². The summed E-state index contributed by atoms with van der Waals surface area (Å²) in [5, 5.41) is 3.57. The summed E-state index contributed by atoms with van der Waals surface area (Å²) in [4.78, 5) is 2.29. The summed E-state index contributed by atoms with van der Waals surface area (Å²) in [7, 11) is 2.13. The van der Waals surface area contributed by atoms with Gasteiger partial charge in [0.15, 0.2) is 0 Å². The van der Waals surface area contributed by atoms with Crippen molar-refractivity contribution in [2.24, 2.45) is 0 Å². The molecule has 0 saturated carbocycles. The minimum atomic E-state index is 0.208. The summed E-state index contributed by atoms with van der Waals surface area (Å²) in [5.41, 5.74) is 7.63. The molecule has 2 rings (SSSR count). The van der Waals surface area contributed by atoms with E-state index in [0.29, 0.717) is 6.04 Å². The van der Waals surface area contributed by atoms with Gasteiger partial charge in [-0.25, -0.2) is 0 Å². The molecule has 2 unspecified atom stereocenters. The van der Waals surface area contributed by atoms with Crippen LogP contribution in [-0.2, 0) is 4.74 Å². The Morgan fingerprint density at radius 2 is 2.00 bits per heavy atom. The number of nitrogens with one attached hydrogen (secondary N) is 1. The van der Waals surface area contributed by atoms with Crippen molar-refractivity contribution in [3.63, 3.8) is 0 Å². The van der Waals surface area contributed by atoms with Crippen LogP contribution in [0.3, 0.4) is 0 Å². The third-order valence-corrected chi connectivity index (χ3v) is 3.52. The number of ether oxygens (including phenoxy) is 1. The first kappa shape index (κ1) is 14.2. The normalized spacial score (nSPS) is 24.6. The van der Waals surface area contributed by atoms with Crippen LogP contribution in [-0.4, -0.2) is 36.9 Å². The highest BCUT2D eigenvalue weighted by Gasteiger charge is 2.27. The Balaban J connectivity index is 1.92. The van der Waals surface area contributed by atoms with Gasteiger partial charge in [0, 0.05) is 30.4 Å². The van der Waals surface area contributed by atoms with Crippen LogP contribution in [0.15, 0.2) is 24.3 Å². The maximum absolute atomic E-state index is 5.96. The Bertz CT molecular complexity index is 391. The van der Waals surface area contributed by atoms with E-state index < -0.39 is 0 Å². The van der Waals surface area contributed by atoms with Crippen molar-refractivity contribution in [1.82, 2.24) is 4.90 Å². The Hall–Kier alpha value is -1.26. The number of nitrogens with zero attached hydrogens (tertiary/aromatic N) is 1. The number of likely N-dealkylation sites (tertiary alicyclic amines) is 1. The molecule has 4 heteroatoms. The van der Waals surface area contributed by atoms with Gasteiger partial charge < -0.3 is 15.8 Å². The fourth-order valence-corrected chi connectivity index (χ4v) is 2.46. The van der Waals surface area contributed by atoms with Gasteiger partial charge in [0.1, 0.15) is 6.23 Å². The van der Waals surface area contributed by atoms with E-state index in [2.05, 4.69) is 31.1 Å². The van der Waals surface area contributed by atoms with Crippen LogP contribution in [0.5, 0.6) is 0 Å². The predicted molar refractivity (Wildman–Crippen MR) is 80.1 cm³/mol. The van der Waals surface area contributed by atoms with Crippen LogP contribution in [0.25, 0.3) is 0 Å². The number of hydrogen-bond acceptors (Lipinski definition) is 4. The SMILES string of the molecule is CC(C)OC1CC(Nc2ccc(N)cc2)CCN1C. The maximum atomic E-state index is 5.96. The quantitative estimate of drug-likeness (QED) is 0.820. The molecule has 19 heavy (non-hydrogen) atoms. The smallest absolute Gasteiger partial charge is 0.112 e. The molecule has 1 aromatic carbocycles. The van der Waals surface area contributed by atoms with Gasteiger partial charge in [0.25, 0.3) is 0 Å². The molecule has 106 valence electrons. The highest BCUT2D eigenvalue weighted by molar-refractivity contribution is 5.51. The Kier molecular flexibility index (Phi) is 4.66. The molecule has 0 spiro atoms. The second-order valence-electron chi connectivity index (χ2n) is 5.61. The van der Waals surface area contributed by atoms with Crippen LogP contribution in [0.2, 0.25) is 0 Å². The average molecular weight is 263 g/mol. The van der Waals surface area contributed by atoms with Gasteiger partial charge in [0.05, 0.1) is 6.10 Å². The first-order valence-electron chi connectivity index (χ1n) is 7.02. The molecular weight excluding hydrogens is 238 g/mol. The molecule has 0 amide bonds. The van der Waals surface area contributed by atoms with Crippen molar-refractivity contribution in [3.8, 4) is 0 Å². The summed E-state index contributed by atoms with van der Waals surface area (Å²) in [6, 6.07) is 8.39. The Labute approximate surface area is 115 Å². The summed E-state index contributed by atoms with van der Waals surface area (Å²) in [6.07, 6.45) is 2.63. The molecular formula is C15H25N3O. The Morgan fingerprint density at radius 3 is 2.63 bits per heavy atom. The zero-order valence-electron chi connectivity index (χ0n) is 12.1. The van der Waals surface area contributed by atoms with Crippen LogP contribution in [0.1, 0.15) is 26.7 Å². The summed E-state index contributed by atoms with van der Waals surface area (Å²) in [6.45, 7) is 5.24. The fraction of sp³-hybridized carbons (Fsp3) is 0.600. The van der Waals surface area contributed by atoms with Crippen molar-refractivity contribution in [2.45, 2.75) is 45.1 Å². The van der Waals surface area contributed by atoms with E-state index in [1.165, 1.54) is 0 Å². The lowest BCUT2D eigenvalue weighted by Crippen LogP contribution is -2.46. The van der Waals surface area contributed by atoms with E-state index in [1.54, 1.807) is 0 Å². The molecule has 0 aromatic heterocycles. The topological polar surface area (TPSA) is 50.5 Å². The van der Waals surface area contributed by atoms with Gasteiger partial charge in [-0.1, -0.05) is 0 Å². The van der Waals surface area contributed by atoms with Crippen molar-refractivity contribution in [2.75, 3.05) is 24.6 Å². The molecule has 4 nitrogen and oxygen atoms in total. The molecule has 1 fully saturated rings. The van der Waals surface area contributed by atoms with Gasteiger partial charge in [-0.3, -0.25) is 4.90 Å². The maximum Gasteiger partial charge on any atom is 0.112 e. The number of rotatable bonds is 4. The van der Waals surface area contributed by atoms with Crippen LogP contribution in [0, 0.1) is 0 Å². The van der Waals surface area contributed by atoms with Gasteiger partial charge in [-0.05, 0) is 51.6 Å². The number of hydrogen-bond donors (Lipinski definition) is 2. The predicted octanol–water partition coefficient (Wildman–Crippen LogP) is 2.53. The number of benzene rings is 1. The van der Waals surface area contributed by atoms with E-state index in [-0.39, 0.29) is 12.3 Å². The Morgan fingerprint density at radius 1 is 1.32 bits per heavy atom. The van der Waals surface area contributed by atoms with Crippen molar-refractivity contribution < 1.29 is 4.74 Å². The number of nitrogen functional groups attached to an aromatic ring is 1. The third-order valence-electron chi connectivity index (χ3n) is 3.52. The number of anilines is 2. The standard InChI is InChI=1S/C15H25N3O/c1-11(2)19-15-10-14(8-9-18(15)3)17-13-6-4-12(16)5-7-13/h4-7,11,14-15,17H,8-10,16H2,1-3H3. The van der Waals surface area contributed by atoms with E-state index in [0.717, 1.165) is 30.8 Å². The lowest BCUT2D eigenvalue weighted by atomic mass is 10.0. The first-order valence-corrected chi connectivity index (χ1v) is 7.02. The molecule has 1 heterocycles. The second kappa shape index (κ2) is 6.26. The zero-order valence-corrected chi connectivity index (χ0v) is 12.1. The van der Waals surface area contributed by atoms with Gasteiger partial charge in [-0.15, -0.1) is 0 Å². The molecule has 1 aliphatic rings. The third kappa shape index (κ3) is 4.11. The summed E-state index contributed by atoms with van der Waals surface area (Å²) in [5.74, 6) is 0. The summed E-state index contributed by atoms with van der Waals surface area (Å²) < 4.78 is 5.96. The average Bonchev–Trinajstić information content (AvgIpc) is 2.36. The van der Waals surface area contributed by atoms with E-state index in [1.807, 2.05) is 24.3 Å².